The lowest BCUT2D eigenvalue weighted by Gasteiger charge is -2.08. The highest BCUT2D eigenvalue weighted by atomic mass is 35.5. The van der Waals surface area contributed by atoms with E-state index in [9.17, 15) is 4.79 Å². The topological polar surface area (TPSA) is 17.1 Å². The molecule has 0 spiro atoms. The molecule has 3 heteroatoms. The lowest BCUT2D eigenvalue weighted by molar-refractivity contribution is -0.114. The van der Waals surface area contributed by atoms with Crippen molar-refractivity contribution in [3.05, 3.63) is 77.4 Å². The fourth-order valence-electron chi connectivity index (χ4n) is 1.92. The van der Waals surface area contributed by atoms with Gasteiger partial charge in [0.25, 0.3) is 0 Å². The van der Waals surface area contributed by atoms with E-state index in [1.807, 2.05) is 66.7 Å². The molecule has 0 aliphatic heterocycles. The third-order valence-electron chi connectivity index (χ3n) is 2.89. The number of carbonyl (C=O) groups excluding carboxylic acids is 1. The van der Waals surface area contributed by atoms with Gasteiger partial charge in [-0.25, -0.2) is 0 Å². The number of rotatable bonds is 5. The van der Waals surface area contributed by atoms with E-state index in [1.165, 1.54) is 0 Å². The second-order valence-electron chi connectivity index (χ2n) is 4.41. The first-order chi connectivity index (χ1) is 9.66. The molecule has 0 unspecified atom stereocenters. The Morgan fingerprint density at radius 2 is 1.50 bits per heavy atom. The predicted octanol–water partition coefficient (Wildman–Crippen LogP) is 4.69. The zero-order valence-electron chi connectivity index (χ0n) is 10.8. The largest absolute Gasteiger partial charge is 0.291 e. The van der Waals surface area contributed by atoms with Crippen molar-refractivity contribution in [2.75, 3.05) is 0 Å². The fraction of sp³-hybridized carbons (Fsp3) is 0.118. The summed E-state index contributed by atoms with van der Waals surface area (Å²) in [6, 6.07) is 19.4. The summed E-state index contributed by atoms with van der Waals surface area (Å²) >= 11 is 11.5. The molecule has 2 aromatic carbocycles. The summed E-state index contributed by atoms with van der Waals surface area (Å²) in [5.41, 5.74) is 2.62. The molecule has 20 heavy (non-hydrogen) atoms. The predicted molar refractivity (Wildman–Crippen MR) is 85.1 cm³/mol. The SMILES string of the molecule is O=C(C(=Cc1ccccc1)Cc1ccccc1)C(Cl)Cl. The minimum Gasteiger partial charge on any atom is -0.291 e. The Hall–Kier alpha value is -1.57. The Morgan fingerprint density at radius 1 is 0.950 bits per heavy atom. The van der Waals surface area contributed by atoms with Crippen LogP contribution in [0.15, 0.2) is 66.2 Å². The molecule has 0 radical (unpaired) electrons. The monoisotopic (exact) mass is 304 g/mol. The molecule has 0 heterocycles. The van der Waals surface area contributed by atoms with Gasteiger partial charge in [-0.3, -0.25) is 4.79 Å². The van der Waals surface area contributed by atoms with Crippen LogP contribution < -0.4 is 0 Å². The molecule has 0 aromatic heterocycles. The van der Waals surface area contributed by atoms with E-state index in [1.54, 1.807) is 0 Å². The summed E-state index contributed by atoms with van der Waals surface area (Å²) in [6.07, 6.45) is 2.36. The Labute approximate surface area is 128 Å². The van der Waals surface area contributed by atoms with Crippen molar-refractivity contribution in [2.45, 2.75) is 11.3 Å². The van der Waals surface area contributed by atoms with Gasteiger partial charge >= 0.3 is 0 Å². The number of ketones is 1. The van der Waals surface area contributed by atoms with Crippen molar-refractivity contribution >= 4 is 35.1 Å². The lowest BCUT2D eigenvalue weighted by atomic mass is 9.99. The summed E-state index contributed by atoms with van der Waals surface area (Å²) in [5, 5.41) is 0. The molecule has 0 aliphatic carbocycles. The van der Waals surface area contributed by atoms with E-state index in [0.29, 0.717) is 12.0 Å². The average molecular weight is 305 g/mol. The van der Waals surface area contributed by atoms with Gasteiger partial charge in [0.1, 0.15) is 0 Å². The number of hydrogen-bond acceptors (Lipinski definition) is 1. The van der Waals surface area contributed by atoms with Crippen LogP contribution in [0.1, 0.15) is 11.1 Å². The van der Waals surface area contributed by atoms with Crippen LogP contribution in [0.5, 0.6) is 0 Å². The summed E-state index contributed by atoms with van der Waals surface area (Å²) < 4.78 is 0. The van der Waals surface area contributed by atoms with Gasteiger partial charge in [0.15, 0.2) is 10.6 Å². The number of carbonyl (C=O) groups is 1. The maximum absolute atomic E-state index is 12.1. The first-order valence-electron chi connectivity index (χ1n) is 6.29. The minimum absolute atomic E-state index is 0.249. The van der Waals surface area contributed by atoms with E-state index < -0.39 is 4.84 Å². The second kappa shape index (κ2) is 7.28. The van der Waals surface area contributed by atoms with Gasteiger partial charge < -0.3 is 0 Å². The number of benzene rings is 2. The van der Waals surface area contributed by atoms with Crippen LogP contribution in [0.25, 0.3) is 6.08 Å². The third-order valence-corrected chi connectivity index (χ3v) is 3.29. The summed E-state index contributed by atoms with van der Waals surface area (Å²) in [5.74, 6) is -0.249. The Bertz CT molecular complexity index is 589. The molecule has 0 fully saturated rings. The summed E-state index contributed by atoms with van der Waals surface area (Å²) in [6.45, 7) is 0. The quantitative estimate of drug-likeness (QED) is 0.579. The van der Waals surface area contributed by atoms with Crippen molar-refractivity contribution in [3.63, 3.8) is 0 Å². The van der Waals surface area contributed by atoms with Crippen LogP contribution in [0, 0.1) is 0 Å². The van der Waals surface area contributed by atoms with Gasteiger partial charge in [0.05, 0.1) is 0 Å². The van der Waals surface area contributed by atoms with Crippen LogP contribution in [0.3, 0.4) is 0 Å². The van der Waals surface area contributed by atoms with E-state index in [4.69, 9.17) is 23.2 Å². The van der Waals surface area contributed by atoms with Crippen molar-refractivity contribution in [1.82, 2.24) is 0 Å². The maximum atomic E-state index is 12.1. The third kappa shape index (κ3) is 4.22. The molecule has 0 saturated heterocycles. The Kier molecular flexibility index (Phi) is 5.40. The smallest absolute Gasteiger partial charge is 0.192 e. The highest BCUT2D eigenvalue weighted by Crippen LogP contribution is 2.18. The molecule has 0 aliphatic rings. The van der Waals surface area contributed by atoms with Crippen molar-refractivity contribution in [1.29, 1.82) is 0 Å². The molecular weight excluding hydrogens is 291 g/mol. The number of halogens is 2. The lowest BCUT2D eigenvalue weighted by Crippen LogP contribution is -2.13. The van der Waals surface area contributed by atoms with Gasteiger partial charge in [-0.05, 0) is 17.2 Å². The van der Waals surface area contributed by atoms with Gasteiger partial charge in [-0.2, -0.15) is 0 Å². The highest BCUT2D eigenvalue weighted by molar-refractivity contribution is 6.55. The molecule has 102 valence electrons. The molecule has 0 saturated carbocycles. The van der Waals surface area contributed by atoms with Crippen LogP contribution in [0.4, 0.5) is 0 Å². The highest BCUT2D eigenvalue weighted by Gasteiger charge is 2.17. The Balaban J connectivity index is 2.30. The molecule has 2 rings (SSSR count). The van der Waals surface area contributed by atoms with Crippen LogP contribution >= 0.6 is 23.2 Å². The van der Waals surface area contributed by atoms with E-state index in [2.05, 4.69) is 0 Å². The summed E-state index contributed by atoms with van der Waals surface area (Å²) in [7, 11) is 0. The number of allylic oxidation sites excluding steroid dienone is 1. The zero-order valence-corrected chi connectivity index (χ0v) is 12.3. The van der Waals surface area contributed by atoms with Crippen molar-refractivity contribution in [3.8, 4) is 0 Å². The van der Waals surface area contributed by atoms with Crippen LogP contribution in [0.2, 0.25) is 0 Å². The van der Waals surface area contributed by atoms with E-state index in [-0.39, 0.29) is 5.78 Å². The van der Waals surface area contributed by atoms with Gasteiger partial charge in [0, 0.05) is 12.0 Å². The standard InChI is InChI=1S/C17H14Cl2O/c18-17(19)16(20)15(11-13-7-3-1-4-8-13)12-14-9-5-2-6-10-14/h1-11,17H,12H2. The van der Waals surface area contributed by atoms with E-state index >= 15 is 0 Å². The molecule has 0 bridgehead atoms. The van der Waals surface area contributed by atoms with Gasteiger partial charge in [0.2, 0.25) is 0 Å². The summed E-state index contributed by atoms with van der Waals surface area (Å²) in [4.78, 5) is 11.1. The molecule has 2 aromatic rings. The number of hydrogen-bond donors (Lipinski definition) is 0. The van der Waals surface area contributed by atoms with Crippen molar-refractivity contribution < 1.29 is 4.79 Å². The molecule has 0 atom stereocenters. The molecular formula is C17H14Cl2O. The molecule has 0 N–H and O–H groups in total. The zero-order chi connectivity index (χ0) is 14.4. The molecule has 0 amide bonds. The fourth-order valence-corrected chi connectivity index (χ4v) is 2.20. The second-order valence-corrected chi connectivity index (χ2v) is 5.50. The van der Waals surface area contributed by atoms with Crippen LogP contribution in [-0.4, -0.2) is 10.6 Å². The van der Waals surface area contributed by atoms with Gasteiger partial charge in [-0.1, -0.05) is 83.9 Å². The van der Waals surface area contributed by atoms with Crippen LogP contribution in [-0.2, 0) is 11.2 Å². The van der Waals surface area contributed by atoms with Gasteiger partial charge in [-0.15, -0.1) is 0 Å². The normalized spacial score (nSPS) is 11.7. The number of Topliss-reactive ketones (excluding diaryl/α,β-unsaturated/α-hetero) is 1. The Morgan fingerprint density at radius 3 is 2.05 bits per heavy atom. The number of alkyl halides is 2. The van der Waals surface area contributed by atoms with E-state index in [0.717, 1.165) is 11.1 Å². The molecule has 1 nitrogen and oxygen atoms in total. The first kappa shape index (κ1) is 14.8. The average Bonchev–Trinajstić information content (AvgIpc) is 2.48. The maximum Gasteiger partial charge on any atom is 0.192 e. The van der Waals surface area contributed by atoms with Crippen molar-refractivity contribution in [2.24, 2.45) is 0 Å². The first-order valence-corrected chi connectivity index (χ1v) is 7.16. The minimum atomic E-state index is -1.03.